The number of para-hydroxylation sites is 1. The molecule has 0 saturated heterocycles. The number of aromatic amines is 2. The summed E-state index contributed by atoms with van der Waals surface area (Å²) in [6.45, 7) is 0.552. The van der Waals surface area contributed by atoms with E-state index in [1.165, 1.54) is 6.20 Å². The van der Waals surface area contributed by atoms with Crippen LogP contribution in [0.3, 0.4) is 0 Å². The van der Waals surface area contributed by atoms with Crippen LogP contribution >= 0.6 is 11.6 Å². The quantitative estimate of drug-likeness (QED) is 0.368. The first-order chi connectivity index (χ1) is 15.5. The number of fused-ring (bicyclic) bond motifs is 1. The van der Waals surface area contributed by atoms with Gasteiger partial charge in [0.2, 0.25) is 0 Å². The van der Waals surface area contributed by atoms with Crippen LogP contribution in [0.15, 0.2) is 84.0 Å². The highest BCUT2D eigenvalue weighted by molar-refractivity contribution is 6.30. The smallest absolute Gasteiger partial charge is 0.257 e. The number of aromatic nitrogens is 4. The van der Waals surface area contributed by atoms with Gasteiger partial charge >= 0.3 is 0 Å². The summed E-state index contributed by atoms with van der Waals surface area (Å²) in [7, 11) is 0. The van der Waals surface area contributed by atoms with Crippen molar-refractivity contribution in [2.75, 3.05) is 5.32 Å². The lowest BCUT2D eigenvalue weighted by molar-refractivity contribution is 0.102. The Morgan fingerprint density at radius 1 is 1.09 bits per heavy atom. The van der Waals surface area contributed by atoms with E-state index < -0.39 is 0 Å². The maximum Gasteiger partial charge on any atom is 0.257 e. The van der Waals surface area contributed by atoms with Gasteiger partial charge in [0.15, 0.2) is 0 Å². The molecule has 0 unspecified atom stereocenters. The highest BCUT2D eigenvalue weighted by Gasteiger charge is 2.13. The molecule has 0 fully saturated rings. The van der Waals surface area contributed by atoms with Gasteiger partial charge in [-0.2, -0.15) is 5.10 Å². The fourth-order valence-electron chi connectivity index (χ4n) is 3.53. The number of carbonyl (C=O) groups excluding carboxylic acids is 1. The Labute approximate surface area is 187 Å². The van der Waals surface area contributed by atoms with Crippen molar-refractivity contribution in [3.05, 3.63) is 106 Å². The molecule has 0 spiro atoms. The minimum absolute atomic E-state index is 0.274. The summed E-state index contributed by atoms with van der Waals surface area (Å²) < 4.78 is 1.72. The molecule has 5 rings (SSSR count). The van der Waals surface area contributed by atoms with E-state index in [0.29, 0.717) is 34.1 Å². The van der Waals surface area contributed by atoms with Crippen molar-refractivity contribution in [3.8, 4) is 11.3 Å². The average Bonchev–Trinajstić information content (AvgIpc) is 3.42. The second-order valence-corrected chi connectivity index (χ2v) is 7.85. The molecule has 3 aromatic heterocycles. The molecule has 0 radical (unpaired) electrons. The van der Waals surface area contributed by atoms with E-state index in [0.717, 1.165) is 16.5 Å². The van der Waals surface area contributed by atoms with Gasteiger partial charge in [-0.1, -0.05) is 41.9 Å². The van der Waals surface area contributed by atoms with Gasteiger partial charge < -0.3 is 15.3 Å². The second kappa shape index (κ2) is 8.20. The molecule has 0 saturated carbocycles. The number of benzene rings is 2. The normalized spacial score (nSPS) is 11.0. The zero-order chi connectivity index (χ0) is 22.1. The zero-order valence-corrected chi connectivity index (χ0v) is 17.6. The lowest BCUT2D eigenvalue weighted by Crippen LogP contribution is -2.16. The van der Waals surface area contributed by atoms with Crippen LogP contribution in [0.4, 0.5) is 5.69 Å². The summed E-state index contributed by atoms with van der Waals surface area (Å²) in [6, 6.07) is 18.7. The maximum absolute atomic E-state index is 12.8. The van der Waals surface area contributed by atoms with Crippen LogP contribution in [-0.2, 0) is 6.54 Å². The fraction of sp³-hybridized carbons (Fsp3) is 0.0417. The minimum atomic E-state index is -0.343. The molecule has 2 aromatic carbocycles. The first kappa shape index (κ1) is 19.8. The van der Waals surface area contributed by atoms with Crippen molar-refractivity contribution >= 4 is 34.1 Å². The first-order valence-corrected chi connectivity index (χ1v) is 10.3. The number of amides is 1. The van der Waals surface area contributed by atoms with Crippen molar-refractivity contribution in [2.24, 2.45) is 0 Å². The lowest BCUT2D eigenvalue weighted by Gasteiger charge is -2.05. The van der Waals surface area contributed by atoms with Gasteiger partial charge in [0.05, 0.1) is 35.2 Å². The molecule has 32 heavy (non-hydrogen) atoms. The van der Waals surface area contributed by atoms with Gasteiger partial charge in [-0.15, -0.1) is 0 Å². The molecule has 0 bridgehead atoms. The van der Waals surface area contributed by atoms with Crippen LogP contribution in [0.5, 0.6) is 0 Å². The molecule has 5 aromatic rings. The van der Waals surface area contributed by atoms with Crippen LogP contribution in [0.25, 0.3) is 22.2 Å². The summed E-state index contributed by atoms with van der Waals surface area (Å²) in [6.07, 6.45) is 4.73. The summed E-state index contributed by atoms with van der Waals surface area (Å²) in [5, 5.41) is 8.78. The molecule has 0 atom stereocenters. The number of carbonyl (C=O) groups is 1. The molecule has 7 nitrogen and oxygen atoms in total. The number of hydrogen-bond donors (Lipinski definition) is 3. The standard InChI is InChI=1S/C24H18ClN5O2/c25-18-7-5-15(6-8-18)13-30-14-19(12-27-30)28-23(31)17-9-20(24(32)26-11-17)22-10-16-3-1-2-4-21(16)29-22/h1-12,14,29H,13H2,(H,26,32)(H,28,31). The first-order valence-electron chi connectivity index (χ1n) is 9.94. The molecule has 0 aliphatic carbocycles. The van der Waals surface area contributed by atoms with Crippen molar-refractivity contribution in [2.45, 2.75) is 6.54 Å². The summed E-state index contributed by atoms with van der Waals surface area (Å²) in [5.74, 6) is -0.343. The van der Waals surface area contributed by atoms with Crippen molar-refractivity contribution in [1.82, 2.24) is 19.7 Å². The molecule has 8 heteroatoms. The Bertz CT molecular complexity index is 1450. The van der Waals surface area contributed by atoms with E-state index in [1.54, 1.807) is 23.1 Å². The minimum Gasteiger partial charge on any atom is -0.354 e. The number of nitrogens with zero attached hydrogens (tertiary/aromatic N) is 2. The number of halogens is 1. The number of rotatable bonds is 5. The number of anilines is 1. The third-order valence-corrected chi connectivity index (χ3v) is 5.39. The highest BCUT2D eigenvalue weighted by atomic mass is 35.5. The fourth-order valence-corrected chi connectivity index (χ4v) is 3.65. The third-order valence-electron chi connectivity index (χ3n) is 5.13. The van der Waals surface area contributed by atoms with Crippen LogP contribution in [0.1, 0.15) is 15.9 Å². The summed E-state index contributed by atoms with van der Waals surface area (Å²) in [5.41, 5.74) is 3.63. The van der Waals surface area contributed by atoms with Crippen molar-refractivity contribution in [1.29, 1.82) is 0 Å². The van der Waals surface area contributed by atoms with E-state index in [1.807, 2.05) is 54.6 Å². The zero-order valence-electron chi connectivity index (χ0n) is 16.8. The van der Waals surface area contributed by atoms with Gasteiger partial charge in [0.25, 0.3) is 11.5 Å². The molecular formula is C24H18ClN5O2. The second-order valence-electron chi connectivity index (χ2n) is 7.41. The van der Waals surface area contributed by atoms with Crippen LogP contribution in [0.2, 0.25) is 5.02 Å². The summed E-state index contributed by atoms with van der Waals surface area (Å²) in [4.78, 5) is 31.1. The molecule has 1 amide bonds. The van der Waals surface area contributed by atoms with E-state index in [9.17, 15) is 9.59 Å². The van der Waals surface area contributed by atoms with Gasteiger partial charge in [0, 0.05) is 28.3 Å². The number of pyridine rings is 1. The monoisotopic (exact) mass is 443 g/mol. The lowest BCUT2D eigenvalue weighted by atomic mass is 10.1. The average molecular weight is 444 g/mol. The van der Waals surface area contributed by atoms with Gasteiger partial charge in [-0.05, 0) is 35.9 Å². The van der Waals surface area contributed by atoms with E-state index >= 15 is 0 Å². The Morgan fingerprint density at radius 3 is 2.72 bits per heavy atom. The van der Waals surface area contributed by atoms with Gasteiger partial charge in [-0.3, -0.25) is 14.3 Å². The van der Waals surface area contributed by atoms with Crippen LogP contribution < -0.4 is 10.9 Å². The highest BCUT2D eigenvalue weighted by Crippen LogP contribution is 2.22. The molecule has 0 aliphatic rings. The third kappa shape index (κ3) is 4.06. The molecule has 158 valence electrons. The number of nitrogens with one attached hydrogen (secondary N) is 3. The Kier molecular flexibility index (Phi) is 5.09. The van der Waals surface area contributed by atoms with Crippen LogP contribution in [0, 0.1) is 0 Å². The molecule has 0 aliphatic heterocycles. The van der Waals surface area contributed by atoms with E-state index in [4.69, 9.17) is 11.6 Å². The molecule has 3 N–H and O–H groups in total. The predicted octanol–water partition coefficient (Wildman–Crippen LogP) is 4.67. The van der Waals surface area contributed by atoms with Crippen molar-refractivity contribution < 1.29 is 4.79 Å². The number of hydrogen-bond acceptors (Lipinski definition) is 3. The van der Waals surface area contributed by atoms with Crippen molar-refractivity contribution in [3.63, 3.8) is 0 Å². The van der Waals surface area contributed by atoms with Gasteiger partial charge in [0.1, 0.15) is 0 Å². The molecule has 3 heterocycles. The Balaban J connectivity index is 1.35. The topological polar surface area (TPSA) is 95.6 Å². The van der Waals surface area contributed by atoms with Crippen LogP contribution in [-0.4, -0.2) is 25.7 Å². The maximum atomic E-state index is 12.8. The Morgan fingerprint density at radius 2 is 1.91 bits per heavy atom. The van der Waals surface area contributed by atoms with E-state index in [-0.39, 0.29) is 11.5 Å². The Hall–Kier alpha value is -4.10. The van der Waals surface area contributed by atoms with E-state index in [2.05, 4.69) is 20.4 Å². The largest absolute Gasteiger partial charge is 0.354 e. The SMILES string of the molecule is O=C(Nc1cnn(Cc2ccc(Cl)cc2)c1)c1c[nH]c(=O)c(-c2cc3ccccc3[nH]2)c1. The summed E-state index contributed by atoms with van der Waals surface area (Å²) >= 11 is 5.92. The molecular weight excluding hydrogens is 426 g/mol. The van der Waals surface area contributed by atoms with Gasteiger partial charge in [-0.25, -0.2) is 0 Å². The predicted molar refractivity (Wildman–Crippen MR) is 125 cm³/mol. The number of H-pyrrole nitrogens is 2.